The van der Waals surface area contributed by atoms with E-state index in [1.54, 1.807) is 19.2 Å². The van der Waals surface area contributed by atoms with E-state index < -0.39 is 11.8 Å². The van der Waals surface area contributed by atoms with Crippen molar-refractivity contribution < 1.29 is 28.2 Å². The zero-order valence-corrected chi connectivity index (χ0v) is 31.6. The molecule has 5 heterocycles. The number of rotatable bonds is 10. The number of pyridine rings is 1. The van der Waals surface area contributed by atoms with E-state index in [1.807, 2.05) is 13.0 Å². The van der Waals surface area contributed by atoms with E-state index in [4.69, 9.17) is 13.9 Å². The summed E-state index contributed by atoms with van der Waals surface area (Å²) in [6.07, 6.45) is 4.96. The van der Waals surface area contributed by atoms with Crippen LogP contribution in [0.25, 0.3) is 22.0 Å². The number of carbonyl (C=O) groups is 1. The van der Waals surface area contributed by atoms with Crippen LogP contribution in [0.1, 0.15) is 71.5 Å². The molecule has 0 bridgehead atoms. The number of nitrogens with one attached hydrogen (secondary N) is 1. The quantitative estimate of drug-likeness (QED) is 0.142. The van der Waals surface area contributed by atoms with E-state index in [0.29, 0.717) is 17.6 Å². The molecule has 2 saturated heterocycles. The zero-order valence-electron chi connectivity index (χ0n) is 31.6. The number of aromatic carboxylic acids is 1. The topological polar surface area (TPSA) is 107 Å². The van der Waals surface area contributed by atoms with Crippen LogP contribution in [0, 0.1) is 18.2 Å². The second-order valence-electron chi connectivity index (χ2n) is 16.1. The Morgan fingerprint density at radius 1 is 1.07 bits per heavy atom. The first-order chi connectivity index (χ1) is 26.6. The largest absolute Gasteiger partial charge is 0.493 e. The predicted octanol–water partition coefficient (Wildman–Crippen LogP) is 8.91. The summed E-state index contributed by atoms with van der Waals surface area (Å²) in [5.74, 6) is 1.03. The van der Waals surface area contributed by atoms with Crippen LogP contribution >= 0.6 is 0 Å². The lowest BCUT2D eigenvalue weighted by molar-refractivity contribution is -0.0647. The maximum atomic E-state index is 14.2. The standard InChI is InChI=1S/C44H46FN5O5/c1-26(2)33-7-5-6-8-34(33)38-23-48(22-28-14-29-13-27(3)54-41(29)40(15-28)53-4)11-12-50(38)31-18-44(19-31)24-49(25-44)30-9-10-35(43(51)52)39(16-30)55-32-17-36-37(45)21-47-42(36)46-20-32/h5-10,13-17,20-21,26,31,38H,11-12,18-19,22-25H2,1-4H3,(H,46,47)(H,51,52). The summed E-state index contributed by atoms with van der Waals surface area (Å²) >= 11 is 0. The molecule has 1 saturated carbocycles. The average Bonchev–Trinajstić information content (AvgIpc) is 3.71. The highest BCUT2D eigenvalue weighted by atomic mass is 19.1. The molecule has 55 heavy (non-hydrogen) atoms. The van der Waals surface area contributed by atoms with Gasteiger partial charge in [-0.2, -0.15) is 0 Å². The summed E-state index contributed by atoms with van der Waals surface area (Å²) in [4.78, 5) is 26.8. The molecule has 6 aromatic rings. The molecule has 3 aliphatic rings. The number of fused-ring (bicyclic) bond motifs is 2. The number of hydrogen-bond donors (Lipinski definition) is 2. The van der Waals surface area contributed by atoms with Crippen molar-refractivity contribution in [2.45, 2.75) is 58.2 Å². The Labute approximate surface area is 319 Å². The number of piperazine rings is 1. The molecule has 284 valence electrons. The lowest BCUT2D eigenvalue weighted by atomic mass is 9.59. The van der Waals surface area contributed by atoms with Crippen LogP contribution in [0.2, 0.25) is 0 Å². The highest BCUT2D eigenvalue weighted by molar-refractivity contribution is 5.92. The Balaban J connectivity index is 0.905. The van der Waals surface area contributed by atoms with Crippen molar-refractivity contribution in [3.05, 3.63) is 113 Å². The summed E-state index contributed by atoms with van der Waals surface area (Å²) in [5.41, 5.74) is 6.45. The van der Waals surface area contributed by atoms with Crippen LogP contribution in [-0.4, -0.2) is 76.7 Å². The molecule has 0 radical (unpaired) electrons. The fraction of sp³-hybridized carbons (Fsp3) is 0.364. The van der Waals surface area contributed by atoms with Gasteiger partial charge in [0.1, 0.15) is 34.3 Å². The number of aromatic amines is 1. The number of methoxy groups -OCH3 is 1. The molecule has 1 unspecified atom stereocenters. The molecule has 3 fully saturated rings. The summed E-state index contributed by atoms with van der Waals surface area (Å²) in [6.45, 7) is 12.1. The van der Waals surface area contributed by atoms with Crippen molar-refractivity contribution in [3.8, 4) is 17.2 Å². The van der Waals surface area contributed by atoms with E-state index >= 15 is 0 Å². The molecule has 3 aromatic heterocycles. The molecular formula is C44H46FN5O5. The number of carboxylic acids is 1. The first-order valence-electron chi connectivity index (χ1n) is 19.1. The van der Waals surface area contributed by atoms with E-state index in [2.05, 4.69) is 81.0 Å². The van der Waals surface area contributed by atoms with E-state index in [-0.39, 0.29) is 33.9 Å². The third kappa shape index (κ3) is 6.49. The minimum atomic E-state index is -1.09. The SMILES string of the molecule is COc1cc(CN2CCN(C3CC4(C3)CN(c3ccc(C(=O)O)c(Oc5cnc6[nH]cc(F)c6c5)c3)C4)C(c3ccccc3C(C)C)C2)cc2cc(C)oc12. The van der Waals surface area contributed by atoms with Crippen LogP contribution in [0.4, 0.5) is 10.1 Å². The maximum Gasteiger partial charge on any atom is 0.339 e. The molecular weight excluding hydrogens is 698 g/mol. The number of hydrogen-bond acceptors (Lipinski definition) is 8. The van der Waals surface area contributed by atoms with Crippen molar-refractivity contribution in [1.82, 2.24) is 19.8 Å². The lowest BCUT2D eigenvalue weighted by Crippen LogP contribution is -2.68. The molecule has 1 atom stereocenters. The number of aryl methyl sites for hydroxylation is 1. The van der Waals surface area contributed by atoms with Crippen LogP contribution in [-0.2, 0) is 6.54 Å². The van der Waals surface area contributed by atoms with Gasteiger partial charge in [-0.15, -0.1) is 0 Å². The third-order valence-corrected chi connectivity index (χ3v) is 12.0. The lowest BCUT2D eigenvalue weighted by Gasteiger charge is -2.63. The second kappa shape index (κ2) is 13.7. The van der Waals surface area contributed by atoms with Crippen LogP contribution in [0.3, 0.4) is 0 Å². The normalized spacial score (nSPS) is 18.9. The van der Waals surface area contributed by atoms with Gasteiger partial charge in [0, 0.05) is 80.1 Å². The number of H-pyrrole nitrogens is 1. The van der Waals surface area contributed by atoms with Crippen LogP contribution in [0.15, 0.2) is 83.5 Å². The average molecular weight is 744 g/mol. The highest BCUT2D eigenvalue weighted by Gasteiger charge is 2.55. The molecule has 0 amide bonds. The summed E-state index contributed by atoms with van der Waals surface area (Å²) in [5, 5.41) is 11.3. The van der Waals surface area contributed by atoms with Crippen LogP contribution in [0.5, 0.6) is 17.2 Å². The molecule has 10 nitrogen and oxygen atoms in total. The Morgan fingerprint density at radius 2 is 1.89 bits per heavy atom. The first-order valence-corrected chi connectivity index (χ1v) is 19.1. The number of carboxylic acid groups (broad SMARTS) is 1. The van der Waals surface area contributed by atoms with Gasteiger partial charge in [0.25, 0.3) is 0 Å². The summed E-state index contributed by atoms with van der Waals surface area (Å²) in [7, 11) is 1.70. The second-order valence-corrected chi connectivity index (χ2v) is 16.1. The number of nitrogens with zero attached hydrogens (tertiary/aromatic N) is 4. The number of benzene rings is 3. The van der Waals surface area contributed by atoms with Crippen molar-refractivity contribution in [2.24, 2.45) is 5.41 Å². The predicted molar refractivity (Wildman–Crippen MR) is 210 cm³/mol. The Hall–Kier alpha value is -5.39. The van der Waals surface area contributed by atoms with Gasteiger partial charge in [-0.1, -0.05) is 38.1 Å². The fourth-order valence-corrected chi connectivity index (χ4v) is 9.34. The smallest absolute Gasteiger partial charge is 0.339 e. The Kier molecular flexibility index (Phi) is 8.81. The number of aromatic nitrogens is 2. The monoisotopic (exact) mass is 743 g/mol. The van der Waals surface area contributed by atoms with Gasteiger partial charge in [0.2, 0.25) is 0 Å². The first kappa shape index (κ1) is 35.3. The highest BCUT2D eigenvalue weighted by Crippen LogP contribution is 2.53. The van der Waals surface area contributed by atoms with E-state index in [1.165, 1.54) is 35.2 Å². The molecule has 9 rings (SSSR count). The third-order valence-electron chi connectivity index (χ3n) is 12.0. The van der Waals surface area contributed by atoms with Gasteiger partial charge >= 0.3 is 5.97 Å². The van der Waals surface area contributed by atoms with Gasteiger partial charge in [-0.3, -0.25) is 9.80 Å². The number of halogens is 1. The van der Waals surface area contributed by atoms with Gasteiger partial charge in [0.15, 0.2) is 11.3 Å². The van der Waals surface area contributed by atoms with Gasteiger partial charge in [-0.25, -0.2) is 14.2 Å². The van der Waals surface area contributed by atoms with Crippen molar-refractivity contribution >= 4 is 33.7 Å². The summed E-state index contributed by atoms with van der Waals surface area (Å²) < 4.78 is 31.9. The molecule has 3 aromatic carbocycles. The Bertz CT molecular complexity index is 2410. The van der Waals surface area contributed by atoms with Crippen molar-refractivity contribution in [3.63, 3.8) is 0 Å². The number of anilines is 1. The number of furan rings is 1. The molecule has 1 aliphatic carbocycles. The van der Waals surface area contributed by atoms with Crippen LogP contribution < -0.4 is 14.4 Å². The van der Waals surface area contributed by atoms with Gasteiger partial charge < -0.3 is 28.9 Å². The van der Waals surface area contributed by atoms with Crippen molar-refractivity contribution in [1.29, 1.82) is 0 Å². The zero-order chi connectivity index (χ0) is 38.0. The Morgan fingerprint density at radius 3 is 2.67 bits per heavy atom. The van der Waals surface area contributed by atoms with E-state index in [9.17, 15) is 14.3 Å². The van der Waals surface area contributed by atoms with Gasteiger partial charge in [0.05, 0.1) is 18.7 Å². The fourth-order valence-electron chi connectivity index (χ4n) is 9.34. The minimum absolute atomic E-state index is 0.0421. The molecule has 2 aliphatic heterocycles. The maximum absolute atomic E-state index is 14.2. The minimum Gasteiger partial charge on any atom is -0.493 e. The molecule has 1 spiro atoms. The molecule has 11 heteroatoms. The van der Waals surface area contributed by atoms with Gasteiger partial charge in [-0.05, 0) is 78.8 Å². The number of ether oxygens (including phenoxy) is 2. The summed E-state index contributed by atoms with van der Waals surface area (Å²) in [6, 6.07) is 22.9. The van der Waals surface area contributed by atoms with Crippen molar-refractivity contribution in [2.75, 3.05) is 44.7 Å². The molecule has 2 N–H and O–H groups in total. The van der Waals surface area contributed by atoms with E-state index in [0.717, 1.165) is 80.3 Å².